The fourth-order valence-corrected chi connectivity index (χ4v) is 2.15. The van der Waals surface area contributed by atoms with Crippen LogP contribution in [0, 0.1) is 6.92 Å². The molecule has 2 N–H and O–H groups in total. The van der Waals surface area contributed by atoms with E-state index in [2.05, 4.69) is 59.1 Å². The van der Waals surface area contributed by atoms with Gasteiger partial charge in [0.2, 0.25) is 0 Å². The molecule has 0 saturated carbocycles. The summed E-state index contributed by atoms with van der Waals surface area (Å²) >= 11 is 0. The lowest BCUT2D eigenvalue weighted by Gasteiger charge is -2.11. The lowest BCUT2D eigenvalue weighted by atomic mass is 10.1. The number of aryl methyl sites for hydroxylation is 2. The lowest BCUT2D eigenvalue weighted by Crippen LogP contribution is -2.37. The van der Waals surface area contributed by atoms with E-state index in [0.717, 1.165) is 25.5 Å². The minimum Gasteiger partial charge on any atom is -0.357 e. The van der Waals surface area contributed by atoms with E-state index in [-0.39, 0.29) is 0 Å². The van der Waals surface area contributed by atoms with Crippen molar-refractivity contribution in [3.05, 3.63) is 59.4 Å². The van der Waals surface area contributed by atoms with Crippen LogP contribution >= 0.6 is 0 Å². The van der Waals surface area contributed by atoms with Crippen LogP contribution in [0.5, 0.6) is 0 Å². The first-order valence-corrected chi connectivity index (χ1v) is 7.28. The summed E-state index contributed by atoms with van der Waals surface area (Å²) in [6, 6.07) is 10.8. The number of benzene rings is 1. The molecule has 0 saturated heterocycles. The van der Waals surface area contributed by atoms with Crippen molar-refractivity contribution in [2.45, 2.75) is 19.9 Å². The second-order valence-corrected chi connectivity index (χ2v) is 5.27. The third kappa shape index (κ3) is 4.99. The van der Waals surface area contributed by atoms with Gasteiger partial charge in [-0.05, 0) is 30.5 Å². The summed E-state index contributed by atoms with van der Waals surface area (Å²) in [4.78, 5) is 4.24. The first kappa shape index (κ1) is 15.2. The summed E-state index contributed by atoms with van der Waals surface area (Å²) in [5.74, 6) is 0.839. The Morgan fingerprint density at radius 2 is 1.86 bits per heavy atom. The first-order chi connectivity index (χ1) is 10.2. The normalized spacial score (nSPS) is 11.5. The average molecular weight is 284 g/mol. The fourth-order valence-electron chi connectivity index (χ4n) is 2.15. The lowest BCUT2D eigenvalue weighted by molar-refractivity contribution is 0.792. The van der Waals surface area contributed by atoms with E-state index >= 15 is 0 Å². The van der Waals surface area contributed by atoms with E-state index in [1.165, 1.54) is 16.7 Å². The molecule has 0 unspecified atom stereocenters. The van der Waals surface area contributed by atoms with Gasteiger partial charge in [0.1, 0.15) is 0 Å². The smallest absolute Gasteiger partial charge is 0.191 e. The van der Waals surface area contributed by atoms with Crippen LogP contribution in [0.1, 0.15) is 16.7 Å². The number of nitrogens with zero attached hydrogens (tertiary/aromatic N) is 2. The number of hydrogen-bond acceptors (Lipinski definition) is 1. The molecule has 1 aromatic heterocycles. The maximum Gasteiger partial charge on any atom is 0.191 e. The Balaban J connectivity index is 1.74. The second kappa shape index (κ2) is 7.53. The Morgan fingerprint density at radius 3 is 2.48 bits per heavy atom. The quantitative estimate of drug-likeness (QED) is 0.653. The van der Waals surface area contributed by atoms with Gasteiger partial charge in [-0.2, -0.15) is 0 Å². The van der Waals surface area contributed by atoms with Gasteiger partial charge in [-0.15, -0.1) is 0 Å². The Labute approximate surface area is 126 Å². The van der Waals surface area contributed by atoms with Gasteiger partial charge >= 0.3 is 0 Å². The van der Waals surface area contributed by atoms with Crippen molar-refractivity contribution < 1.29 is 0 Å². The summed E-state index contributed by atoms with van der Waals surface area (Å²) < 4.78 is 2.05. The molecule has 4 nitrogen and oxygen atoms in total. The predicted molar refractivity (Wildman–Crippen MR) is 88.5 cm³/mol. The molecule has 2 rings (SSSR count). The van der Waals surface area contributed by atoms with Crippen LogP contribution in [-0.2, 0) is 20.0 Å². The second-order valence-electron chi connectivity index (χ2n) is 5.27. The molecule has 0 spiro atoms. The maximum absolute atomic E-state index is 4.24. The van der Waals surface area contributed by atoms with Gasteiger partial charge in [0, 0.05) is 39.6 Å². The van der Waals surface area contributed by atoms with E-state index in [9.17, 15) is 0 Å². The molecular formula is C17H24N4. The molecule has 0 amide bonds. The molecular weight excluding hydrogens is 260 g/mol. The highest BCUT2D eigenvalue weighted by Crippen LogP contribution is 2.03. The highest BCUT2D eigenvalue weighted by atomic mass is 15.2. The van der Waals surface area contributed by atoms with E-state index in [0.29, 0.717) is 0 Å². The molecule has 1 aromatic carbocycles. The van der Waals surface area contributed by atoms with Gasteiger partial charge in [-0.3, -0.25) is 4.99 Å². The Bertz CT molecular complexity index is 581. The van der Waals surface area contributed by atoms with Crippen LogP contribution in [0.15, 0.2) is 47.7 Å². The molecule has 0 radical (unpaired) electrons. The molecule has 0 aliphatic heterocycles. The molecule has 2 aromatic rings. The van der Waals surface area contributed by atoms with Crippen LogP contribution < -0.4 is 10.6 Å². The Hall–Kier alpha value is -2.23. The minimum atomic E-state index is 0.783. The van der Waals surface area contributed by atoms with Crippen molar-refractivity contribution in [3.63, 3.8) is 0 Å². The van der Waals surface area contributed by atoms with Crippen LogP contribution in [-0.4, -0.2) is 24.1 Å². The molecule has 21 heavy (non-hydrogen) atoms. The van der Waals surface area contributed by atoms with Crippen molar-refractivity contribution in [2.75, 3.05) is 13.6 Å². The largest absolute Gasteiger partial charge is 0.357 e. The summed E-state index contributed by atoms with van der Waals surface area (Å²) in [5, 5.41) is 6.66. The van der Waals surface area contributed by atoms with E-state index in [4.69, 9.17) is 0 Å². The molecule has 4 heteroatoms. The van der Waals surface area contributed by atoms with Crippen molar-refractivity contribution in [2.24, 2.45) is 12.0 Å². The van der Waals surface area contributed by atoms with Crippen LogP contribution in [0.2, 0.25) is 0 Å². The van der Waals surface area contributed by atoms with E-state index in [1.54, 1.807) is 7.05 Å². The third-order valence-corrected chi connectivity index (χ3v) is 3.40. The van der Waals surface area contributed by atoms with Gasteiger partial charge in [0.25, 0.3) is 0 Å². The first-order valence-electron chi connectivity index (χ1n) is 7.28. The molecule has 112 valence electrons. The van der Waals surface area contributed by atoms with Crippen molar-refractivity contribution in [3.8, 4) is 0 Å². The zero-order chi connectivity index (χ0) is 15.1. The molecule has 0 aliphatic rings. The monoisotopic (exact) mass is 284 g/mol. The maximum atomic E-state index is 4.24. The SMILES string of the molecule is CN=C(NCCc1ccc(C)cc1)NCc1ccn(C)c1. The van der Waals surface area contributed by atoms with Crippen LogP contribution in [0.25, 0.3) is 0 Å². The number of aromatic nitrogens is 1. The van der Waals surface area contributed by atoms with Crippen LogP contribution in [0.4, 0.5) is 0 Å². The highest BCUT2D eigenvalue weighted by Gasteiger charge is 1.99. The molecule has 0 atom stereocenters. The summed E-state index contributed by atoms with van der Waals surface area (Å²) in [6.45, 7) is 3.76. The minimum absolute atomic E-state index is 0.783. The van der Waals surface area contributed by atoms with Gasteiger partial charge in [-0.1, -0.05) is 29.8 Å². The Morgan fingerprint density at radius 1 is 1.10 bits per heavy atom. The summed E-state index contributed by atoms with van der Waals surface area (Å²) in [5.41, 5.74) is 3.89. The topological polar surface area (TPSA) is 41.4 Å². The number of nitrogens with one attached hydrogen (secondary N) is 2. The van der Waals surface area contributed by atoms with Crippen LogP contribution in [0.3, 0.4) is 0 Å². The summed E-state index contributed by atoms with van der Waals surface area (Å²) in [6.07, 6.45) is 5.14. The highest BCUT2D eigenvalue weighted by molar-refractivity contribution is 5.79. The van der Waals surface area contributed by atoms with E-state index in [1.807, 2.05) is 17.8 Å². The van der Waals surface area contributed by atoms with Crippen molar-refractivity contribution >= 4 is 5.96 Å². The number of rotatable bonds is 5. The zero-order valence-corrected chi connectivity index (χ0v) is 13.1. The zero-order valence-electron chi connectivity index (χ0n) is 13.1. The number of hydrogen-bond donors (Lipinski definition) is 2. The van der Waals surface area contributed by atoms with Gasteiger partial charge in [0.05, 0.1) is 0 Å². The van der Waals surface area contributed by atoms with Gasteiger partial charge in [-0.25, -0.2) is 0 Å². The molecule has 0 bridgehead atoms. The Kier molecular flexibility index (Phi) is 5.43. The average Bonchev–Trinajstić information content (AvgIpc) is 2.90. The number of guanidine groups is 1. The van der Waals surface area contributed by atoms with Crippen molar-refractivity contribution in [1.82, 2.24) is 15.2 Å². The molecule has 0 aliphatic carbocycles. The standard InChI is InChI=1S/C17H24N4/c1-14-4-6-15(7-5-14)8-10-19-17(18-2)20-12-16-9-11-21(3)13-16/h4-7,9,11,13H,8,10,12H2,1-3H3,(H2,18,19,20). The van der Waals surface area contributed by atoms with Gasteiger partial charge < -0.3 is 15.2 Å². The van der Waals surface area contributed by atoms with Gasteiger partial charge in [0.15, 0.2) is 5.96 Å². The third-order valence-electron chi connectivity index (χ3n) is 3.40. The van der Waals surface area contributed by atoms with Crippen molar-refractivity contribution in [1.29, 1.82) is 0 Å². The number of aliphatic imine (C=N–C) groups is 1. The summed E-state index contributed by atoms with van der Waals surface area (Å²) in [7, 11) is 3.82. The van der Waals surface area contributed by atoms with E-state index < -0.39 is 0 Å². The predicted octanol–water partition coefficient (Wildman–Crippen LogP) is 2.24. The molecule has 0 fully saturated rings. The fraction of sp³-hybridized carbons (Fsp3) is 0.353. The molecule has 1 heterocycles.